The normalized spacial score (nSPS) is 14.3. The first-order chi connectivity index (χ1) is 6.83. The largest absolute Gasteiger partial charge is 1.00 e. The topological polar surface area (TPSA) is 40.5 Å². The Kier molecular flexibility index (Phi) is 16.8. The minimum absolute atomic E-state index is 0. The number of hydrogen-bond donors (Lipinski definition) is 2. The molecule has 2 atom stereocenters. The molecule has 0 saturated heterocycles. The van der Waals surface area contributed by atoms with Gasteiger partial charge in [0.25, 0.3) is 0 Å². The van der Waals surface area contributed by atoms with E-state index >= 15 is 0 Å². The Labute approximate surface area is 126 Å². The minimum Gasteiger partial charge on any atom is -1.00 e. The van der Waals surface area contributed by atoms with Gasteiger partial charge in [0.2, 0.25) is 0 Å². The maximum atomic E-state index is 8.87. The molecule has 2 unspecified atom stereocenters. The molecule has 6 heteroatoms. The summed E-state index contributed by atoms with van der Waals surface area (Å²) in [7, 11) is 12.4. The fourth-order valence-electron chi connectivity index (χ4n) is 1.59. The maximum absolute atomic E-state index is 8.87. The van der Waals surface area contributed by atoms with E-state index in [-0.39, 0.29) is 37.0 Å². The van der Waals surface area contributed by atoms with Gasteiger partial charge in [-0.25, -0.2) is 0 Å². The van der Waals surface area contributed by atoms with E-state index in [0.717, 1.165) is 22.1 Å². The van der Waals surface area contributed by atoms with Crippen molar-refractivity contribution in [3.05, 3.63) is 0 Å². The number of rotatable bonds is 4. The summed E-state index contributed by atoms with van der Waals surface area (Å²) >= 11 is 0. The highest BCUT2D eigenvalue weighted by Gasteiger charge is 2.10. The highest BCUT2D eigenvalue weighted by Crippen LogP contribution is 1.92. The van der Waals surface area contributed by atoms with Crippen LogP contribution in [0.3, 0.4) is 0 Å². The van der Waals surface area contributed by atoms with Crippen LogP contribution in [0, 0.1) is 0 Å². The zero-order valence-corrected chi connectivity index (χ0v) is 14.6. The van der Waals surface area contributed by atoms with Crippen molar-refractivity contribution >= 4 is 0 Å². The summed E-state index contributed by atoms with van der Waals surface area (Å²) in [6, 6.07) is 0. The number of hydrogen-bond acceptors (Lipinski definition) is 2. The summed E-state index contributed by atoms with van der Waals surface area (Å²) in [5.74, 6) is 0. The van der Waals surface area contributed by atoms with Crippen molar-refractivity contribution in [2.75, 3.05) is 55.4 Å². The maximum Gasteiger partial charge on any atom is 0.104 e. The second-order valence-electron chi connectivity index (χ2n) is 6.64. The van der Waals surface area contributed by atoms with E-state index in [1.165, 1.54) is 0 Å². The first-order valence-electron chi connectivity index (χ1n) is 5.80. The molecule has 0 saturated carbocycles. The summed E-state index contributed by atoms with van der Waals surface area (Å²) in [5, 5.41) is 17.7. The fraction of sp³-hybridized carbons (Fsp3) is 1.00. The van der Waals surface area contributed by atoms with Crippen molar-refractivity contribution in [3.63, 3.8) is 0 Å². The molecular formula is C12H32Cl2N2O2. The molecule has 0 heterocycles. The van der Waals surface area contributed by atoms with Gasteiger partial charge in [-0.1, -0.05) is 0 Å². The summed E-state index contributed by atoms with van der Waals surface area (Å²) in [6.07, 6.45) is -0.370. The van der Waals surface area contributed by atoms with Crippen molar-refractivity contribution in [2.45, 2.75) is 26.1 Å². The molecule has 0 aromatic heterocycles. The second-order valence-corrected chi connectivity index (χ2v) is 6.64. The molecule has 0 rings (SSSR count). The van der Waals surface area contributed by atoms with E-state index in [1.807, 2.05) is 13.8 Å². The van der Waals surface area contributed by atoms with E-state index in [4.69, 9.17) is 10.2 Å². The Balaban J connectivity index is -0.0000000980. The van der Waals surface area contributed by atoms with E-state index in [2.05, 4.69) is 42.3 Å². The SMILES string of the molecule is CC(O)C[N+](C)(C)C.CC(O)C[N+](C)(C)C.[Cl-].[Cl-]. The Morgan fingerprint density at radius 3 is 0.833 bits per heavy atom. The number of likely N-dealkylation sites (N-methyl/N-ethyl adjacent to an activating group) is 2. The third kappa shape index (κ3) is 36.0. The average molecular weight is 307 g/mol. The van der Waals surface area contributed by atoms with Crippen LogP contribution in [0.2, 0.25) is 0 Å². The molecular weight excluding hydrogens is 275 g/mol. The summed E-state index contributed by atoms with van der Waals surface area (Å²) in [4.78, 5) is 0. The molecule has 0 aromatic rings. The number of quaternary nitrogens is 2. The smallest absolute Gasteiger partial charge is 0.104 e. The zero-order valence-electron chi connectivity index (χ0n) is 13.1. The van der Waals surface area contributed by atoms with Gasteiger partial charge in [-0.2, -0.15) is 0 Å². The third-order valence-corrected chi connectivity index (χ3v) is 1.62. The Morgan fingerprint density at radius 2 is 0.833 bits per heavy atom. The molecule has 0 amide bonds. The van der Waals surface area contributed by atoms with Crippen molar-refractivity contribution < 1.29 is 44.0 Å². The lowest BCUT2D eigenvalue weighted by Crippen LogP contribution is -3.00. The van der Waals surface area contributed by atoms with Crippen LogP contribution in [0.25, 0.3) is 0 Å². The van der Waals surface area contributed by atoms with E-state index < -0.39 is 0 Å². The van der Waals surface area contributed by atoms with Crippen LogP contribution in [-0.2, 0) is 0 Å². The van der Waals surface area contributed by atoms with E-state index in [9.17, 15) is 0 Å². The molecule has 0 fully saturated rings. The van der Waals surface area contributed by atoms with Crippen molar-refractivity contribution in [2.24, 2.45) is 0 Å². The lowest BCUT2D eigenvalue weighted by atomic mass is 10.3. The Morgan fingerprint density at radius 1 is 0.667 bits per heavy atom. The predicted molar refractivity (Wildman–Crippen MR) is 69.2 cm³/mol. The number of aliphatic hydroxyl groups is 2. The Bertz CT molecular complexity index is 156. The quantitative estimate of drug-likeness (QED) is 0.508. The molecule has 4 nitrogen and oxygen atoms in total. The van der Waals surface area contributed by atoms with Gasteiger partial charge in [-0.05, 0) is 13.8 Å². The predicted octanol–water partition coefficient (Wildman–Crippen LogP) is -5.85. The van der Waals surface area contributed by atoms with Gasteiger partial charge in [-0.3, -0.25) is 0 Å². The molecule has 0 radical (unpaired) electrons. The van der Waals surface area contributed by atoms with Crippen LogP contribution < -0.4 is 24.8 Å². The molecule has 0 aliphatic rings. The van der Waals surface area contributed by atoms with Gasteiger partial charge >= 0.3 is 0 Å². The minimum atomic E-state index is -0.185. The number of aliphatic hydroxyl groups excluding tert-OH is 2. The zero-order chi connectivity index (χ0) is 13.6. The molecule has 18 heavy (non-hydrogen) atoms. The van der Waals surface area contributed by atoms with Crippen molar-refractivity contribution in [1.29, 1.82) is 0 Å². The monoisotopic (exact) mass is 306 g/mol. The van der Waals surface area contributed by atoms with Gasteiger partial charge in [0.15, 0.2) is 0 Å². The van der Waals surface area contributed by atoms with Crippen LogP contribution in [0.5, 0.6) is 0 Å². The molecule has 0 aromatic carbocycles. The van der Waals surface area contributed by atoms with Gasteiger partial charge in [0.1, 0.15) is 25.3 Å². The fourth-order valence-corrected chi connectivity index (χ4v) is 1.59. The molecule has 116 valence electrons. The standard InChI is InChI=1S/2C6H16NO.2ClH/c2*1-6(8)5-7(2,3)4;;/h2*6,8H,5H2,1-4H3;2*1H/q2*+1;;/p-2. The van der Waals surface area contributed by atoms with Crippen LogP contribution in [0.4, 0.5) is 0 Å². The molecule has 0 spiro atoms. The van der Waals surface area contributed by atoms with Crippen LogP contribution in [0.15, 0.2) is 0 Å². The first-order valence-corrected chi connectivity index (χ1v) is 5.80. The highest BCUT2D eigenvalue weighted by atomic mass is 35.5. The summed E-state index contributed by atoms with van der Waals surface area (Å²) in [5.41, 5.74) is 0. The lowest BCUT2D eigenvalue weighted by Gasteiger charge is -2.24. The van der Waals surface area contributed by atoms with E-state index in [1.54, 1.807) is 0 Å². The van der Waals surface area contributed by atoms with Gasteiger partial charge in [-0.15, -0.1) is 0 Å². The van der Waals surface area contributed by atoms with E-state index in [0.29, 0.717) is 0 Å². The first kappa shape index (κ1) is 26.9. The highest BCUT2D eigenvalue weighted by molar-refractivity contribution is 4.39. The van der Waals surface area contributed by atoms with Crippen LogP contribution in [0.1, 0.15) is 13.8 Å². The third-order valence-electron chi connectivity index (χ3n) is 1.62. The number of nitrogens with zero attached hydrogens (tertiary/aromatic N) is 2. The molecule has 0 aliphatic heterocycles. The summed E-state index contributed by atoms with van der Waals surface area (Å²) in [6.45, 7) is 5.26. The van der Waals surface area contributed by atoms with Crippen LogP contribution >= 0.6 is 0 Å². The summed E-state index contributed by atoms with van der Waals surface area (Å²) < 4.78 is 1.66. The van der Waals surface area contributed by atoms with Gasteiger partial charge < -0.3 is 44.0 Å². The van der Waals surface area contributed by atoms with Gasteiger partial charge in [0.05, 0.1) is 42.3 Å². The molecule has 2 N–H and O–H groups in total. The number of halogens is 2. The Hall–Kier alpha value is 0.420. The average Bonchev–Trinajstić information content (AvgIpc) is 1.72. The van der Waals surface area contributed by atoms with Crippen molar-refractivity contribution in [3.8, 4) is 0 Å². The van der Waals surface area contributed by atoms with Crippen molar-refractivity contribution in [1.82, 2.24) is 0 Å². The van der Waals surface area contributed by atoms with Gasteiger partial charge in [0, 0.05) is 0 Å². The molecule has 0 bridgehead atoms. The molecule has 0 aliphatic carbocycles. The second kappa shape index (κ2) is 11.3. The lowest BCUT2D eigenvalue weighted by molar-refractivity contribution is -0.873. The van der Waals surface area contributed by atoms with Crippen LogP contribution in [-0.4, -0.2) is 86.8 Å².